The highest BCUT2D eigenvalue weighted by molar-refractivity contribution is 7.13. The van der Waals surface area contributed by atoms with Gasteiger partial charge in [-0.3, -0.25) is 4.79 Å². The number of primary amides is 1. The number of urea groups is 1. The van der Waals surface area contributed by atoms with E-state index >= 15 is 0 Å². The molecule has 0 fully saturated rings. The van der Waals surface area contributed by atoms with Gasteiger partial charge >= 0.3 is 6.03 Å². The van der Waals surface area contributed by atoms with E-state index < -0.39 is 6.03 Å². The molecule has 2 aromatic heterocycles. The van der Waals surface area contributed by atoms with Crippen LogP contribution in [0.25, 0.3) is 21.5 Å². The second-order valence-corrected chi connectivity index (χ2v) is 7.02. The highest BCUT2D eigenvalue weighted by Gasteiger charge is 2.14. The molecule has 2 heterocycles. The SMILES string of the molecule is NC(=O)Nc1ccc(NC(=O)c2cc(-c3cccs3)nc3ccccc23)cc1. The number of nitrogens with zero attached hydrogens (tertiary/aromatic N) is 1. The first-order valence-corrected chi connectivity index (χ1v) is 9.40. The van der Waals surface area contributed by atoms with Crippen molar-refractivity contribution in [1.29, 1.82) is 0 Å². The molecule has 28 heavy (non-hydrogen) atoms. The van der Waals surface area contributed by atoms with E-state index in [-0.39, 0.29) is 5.91 Å². The number of carbonyl (C=O) groups excluding carboxylic acids is 2. The first kappa shape index (κ1) is 17.7. The molecular formula is C21H16N4O2S. The fourth-order valence-corrected chi connectivity index (χ4v) is 3.58. The smallest absolute Gasteiger partial charge is 0.316 e. The summed E-state index contributed by atoms with van der Waals surface area (Å²) in [5.74, 6) is -0.230. The van der Waals surface area contributed by atoms with Gasteiger partial charge in [-0.25, -0.2) is 9.78 Å². The van der Waals surface area contributed by atoms with Gasteiger partial charge in [0.2, 0.25) is 0 Å². The predicted octanol–water partition coefficient (Wildman–Crippen LogP) is 4.71. The van der Waals surface area contributed by atoms with Crippen molar-refractivity contribution in [3.05, 3.63) is 77.7 Å². The van der Waals surface area contributed by atoms with Crippen LogP contribution in [0.1, 0.15) is 10.4 Å². The molecule has 6 nitrogen and oxygen atoms in total. The van der Waals surface area contributed by atoms with Crippen molar-refractivity contribution in [3.8, 4) is 10.6 Å². The van der Waals surface area contributed by atoms with Gasteiger partial charge in [0.05, 0.1) is 21.7 Å². The molecule has 0 radical (unpaired) electrons. The minimum atomic E-state index is -0.638. The summed E-state index contributed by atoms with van der Waals surface area (Å²) in [4.78, 5) is 29.6. The van der Waals surface area contributed by atoms with Gasteiger partial charge in [0, 0.05) is 16.8 Å². The Morgan fingerprint density at radius 3 is 2.29 bits per heavy atom. The average molecular weight is 388 g/mol. The summed E-state index contributed by atoms with van der Waals surface area (Å²) in [7, 11) is 0. The number of nitrogens with two attached hydrogens (primary N) is 1. The number of amides is 3. The van der Waals surface area contributed by atoms with Gasteiger partial charge < -0.3 is 16.4 Å². The topological polar surface area (TPSA) is 97.1 Å². The van der Waals surface area contributed by atoms with Crippen LogP contribution in [0.3, 0.4) is 0 Å². The average Bonchev–Trinajstić information content (AvgIpc) is 3.23. The molecular weight excluding hydrogens is 372 g/mol. The van der Waals surface area contributed by atoms with Crippen LogP contribution in [0, 0.1) is 0 Å². The Labute approximate surface area is 165 Å². The monoisotopic (exact) mass is 388 g/mol. The standard InChI is InChI=1S/C21H16N4O2S/c22-21(27)24-14-9-7-13(8-10-14)23-20(26)16-12-18(19-6-3-11-28-19)25-17-5-2-1-4-15(16)17/h1-12H,(H,23,26)(H3,22,24,27). The van der Waals surface area contributed by atoms with Gasteiger partial charge in [-0.05, 0) is 47.8 Å². The van der Waals surface area contributed by atoms with Crippen LogP contribution in [0.15, 0.2) is 72.1 Å². The number of pyridine rings is 1. The number of thiophene rings is 1. The Hall–Kier alpha value is -3.71. The van der Waals surface area contributed by atoms with Crippen molar-refractivity contribution in [1.82, 2.24) is 4.98 Å². The summed E-state index contributed by atoms with van der Waals surface area (Å²) in [6.45, 7) is 0. The van der Waals surface area contributed by atoms with Crippen molar-refractivity contribution in [2.75, 3.05) is 10.6 Å². The molecule has 4 aromatic rings. The van der Waals surface area contributed by atoms with Gasteiger partial charge in [-0.1, -0.05) is 24.3 Å². The Morgan fingerprint density at radius 1 is 0.893 bits per heavy atom. The zero-order valence-electron chi connectivity index (χ0n) is 14.7. The number of carbonyl (C=O) groups is 2. The number of rotatable bonds is 4. The van der Waals surface area contributed by atoms with Gasteiger partial charge in [0.25, 0.3) is 5.91 Å². The van der Waals surface area contributed by atoms with Crippen molar-refractivity contribution in [3.63, 3.8) is 0 Å². The van der Waals surface area contributed by atoms with Crippen LogP contribution < -0.4 is 16.4 Å². The number of hydrogen-bond acceptors (Lipinski definition) is 4. The molecule has 0 saturated carbocycles. The summed E-state index contributed by atoms with van der Waals surface area (Å²) < 4.78 is 0. The molecule has 0 aliphatic heterocycles. The summed E-state index contributed by atoms with van der Waals surface area (Å²) >= 11 is 1.58. The number of anilines is 2. The zero-order chi connectivity index (χ0) is 19.5. The fraction of sp³-hybridized carbons (Fsp3) is 0. The minimum Gasteiger partial charge on any atom is -0.351 e. The summed E-state index contributed by atoms with van der Waals surface area (Å²) in [5, 5.41) is 8.14. The number of nitrogens with one attached hydrogen (secondary N) is 2. The molecule has 2 aromatic carbocycles. The van der Waals surface area contributed by atoms with Gasteiger partial charge in [0.1, 0.15) is 0 Å². The maximum Gasteiger partial charge on any atom is 0.316 e. The van der Waals surface area contributed by atoms with Crippen LogP contribution in [0.2, 0.25) is 0 Å². The van der Waals surface area contributed by atoms with Gasteiger partial charge in [0.15, 0.2) is 0 Å². The molecule has 4 N–H and O–H groups in total. The Balaban J connectivity index is 1.67. The van der Waals surface area contributed by atoms with E-state index in [1.807, 2.05) is 47.8 Å². The molecule has 138 valence electrons. The van der Waals surface area contributed by atoms with Crippen LogP contribution in [0.5, 0.6) is 0 Å². The van der Waals surface area contributed by atoms with E-state index in [4.69, 9.17) is 5.73 Å². The normalized spacial score (nSPS) is 10.6. The highest BCUT2D eigenvalue weighted by atomic mass is 32.1. The largest absolute Gasteiger partial charge is 0.351 e. The van der Waals surface area contributed by atoms with E-state index in [1.54, 1.807) is 35.6 Å². The van der Waals surface area contributed by atoms with Crippen LogP contribution >= 0.6 is 11.3 Å². The van der Waals surface area contributed by atoms with E-state index in [2.05, 4.69) is 15.6 Å². The lowest BCUT2D eigenvalue weighted by atomic mass is 10.1. The lowest BCUT2D eigenvalue weighted by Crippen LogP contribution is -2.19. The second kappa shape index (κ2) is 7.50. The van der Waals surface area contributed by atoms with Crippen LogP contribution in [0.4, 0.5) is 16.2 Å². The molecule has 7 heteroatoms. The third kappa shape index (κ3) is 3.70. The molecule has 0 atom stereocenters. The van der Waals surface area contributed by atoms with Crippen molar-refractivity contribution >= 4 is 45.6 Å². The van der Waals surface area contributed by atoms with Gasteiger partial charge in [-0.15, -0.1) is 11.3 Å². The second-order valence-electron chi connectivity index (χ2n) is 6.07. The summed E-state index contributed by atoms with van der Waals surface area (Å²) in [6, 6.07) is 19.4. The number of para-hydroxylation sites is 1. The highest BCUT2D eigenvalue weighted by Crippen LogP contribution is 2.28. The van der Waals surface area contributed by atoms with Crippen molar-refractivity contribution in [2.24, 2.45) is 5.73 Å². The molecule has 0 bridgehead atoms. The van der Waals surface area contributed by atoms with E-state index in [9.17, 15) is 9.59 Å². The van der Waals surface area contributed by atoms with E-state index in [1.165, 1.54) is 0 Å². The summed E-state index contributed by atoms with van der Waals surface area (Å²) in [6.07, 6.45) is 0. The van der Waals surface area contributed by atoms with Crippen LogP contribution in [-0.4, -0.2) is 16.9 Å². The third-order valence-corrected chi connectivity index (χ3v) is 5.04. The maximum absolute atomic E-state index is 13.0. The van der Waals surface area contributed by atoms with Crippen molar-refractivity contribution < 1.29 is 9.59 Å². The Kier molecular flexibility index (Phi) is 4.74. The lowest BCUT2D eigenvalue weighted by Gasteiger charge is -2.10. The van der Waals surface area contributed by atoms with E-state index in [0.29, 0.717) is 16.9 Å². The predicted molar refractivity (Wildman–Crippen MR) is 113 cm³/mol. The third-order valence-electron chi connectivity index (χ3n) is 4.14. The van der Waals surface area contributed by atoms with E-state index in [0.717, 1.165) is 21.5 Å². The molecule has 0 spiro atoms. The molecule has 0 saturated heterocycles. The van der Waals surface area contributed by atoms with Crippen LogP contribution in [-0.2, 0) is 0 Å². The summed E-state index contributed by atoms with van der Waals surface area (Å²) in [5.41, 5.74) is 8.34. The fourth-order valence-electron chi connectivity index (χ4n) is 2.89. The first-order chi connectivity index (χ1) is 13.6. The maximum atomic E-state index is 13.0. The zero-order valence-corrected chi connectivity index (χ0v) is 15.5. The Morgan fingerprint density at radius 2 is 1.61 bits per heavy atom. The molecule has 0 unspecified atom stereocenters. The Bertz CT molecular complexity index is 1150. The quantitative estimate of drug-likeness (QED) is 0.472. The van der Waals surface area contributed by atoms with Crippen molar-refractivity contribution in [2.45, 2.75) is 0 Å². The lowest BCUT2D eigenvalue weighted by molar-refractivity contribution is 0.102. The molecule has 0 aliphatic carbocycles. The molecule has 0 aliphatic rings. The van der Waals surface area contributed by atoms with Gasteiger partial charge in [-0.2, -0.15) is 0 Å². The number of aromatic nitrogens is 1. The first-order valence-electron chi connectivity index (χ1n) is 8.52. The molecule has 3 amide bonds. The minimum absolute atomic E-state index is 0.230. The molecule has 4 rings (SSSR count). The number of benzene rings is 2. The number of hydrogen-bond donors (Lipinski definition) is 3. The number of fused-ring (bicyclic) bond motifs is 1.